The molecule has 0 spiro atoms. The van der Waals surface area contributed by atoms with Crippen molar-refractivity contribution in [1.29, 1.82) is 0 Å². The highest BCUT2D eigenvalue weighted by Gasteiger charge is 2.15. The highest BCUT2D eigenvalue weighted by atomic mass is 32.2. The topological polar surface area (TPSA) is 24.1 Å². The molecule has 0 saturated carbocycles. The van der Waals surface area contributed by atoms with E-state index in [1.165, 1.54) is 23.5 Å². The second-order valence-electron chi connectivity index (χ2n) is 3.55. The van der Waals surface area contributed by atoms with Crippen molar-refractivity contribution < 1.29 is 0 Å². The fourth-order valence-electron chi connectivity index (χ4n) is 1.70. The molecule has 2 N–H and O–H groups in total. The van der Waals surface area contributed by atoms with E-state index in [2.05, 4.69) is 41.2 Å². The first-order chi connectivity index (χ1) is 6.90. The van der Waals surface area contributed by atoms with Crippen LogP contribution in [0.1, 0.15) is 6.42 Å². The molecule has 1 aliphatic rings. The maximum Gasteiger partial charge on any atom is 0.0578 e. The molecule has 0 fully saturated rings. The van der Waals surface area contributed by atoms with E-state index in [4.69, 9.17) is 0 Å². The van der Waals surface area contributed by atoms with E-state index < -0.39 is 0 Å². The zero-order chi connectivity index (χ0) is 9.80. The summed E-state index contributed by atoms with van der Waals surface area (Å²) in [7, 11) is 0. The standard InChI is InChI=1S/C11H16N2S/c1-14-7-6-9-8-12-10-4-2-3-5-11(10)13-9/h2-5,9,12-13H,6-8H2,1H3. The molecule has 1 unspecified atom stereocenters. The minimum atomic E-state index is 0.581. The second kappa shape index (κ2) is 4.60. The fourth-order valence-corrected chi connectivity index (χ4v) is 2.22. The van der Waals surface area contributed by atoms with Gasteiger partial charge in [0.25, 0.3) is 0 Å². The van der Waals surface area contributed by atoms with E-state index in [-0.39, 0.29) is 0 Å². The Balaban J connectivity index is 1.99. The van der Waals surface area contributed by atoms with Crippen molar-refractivity contribution in [2.75, 3.05) is 29.2 Å². The average molecular weight is 208 g/mol. The van der Waals surface area contributed by atoms with E-state index in [0.717, 1.165) is 6.54 Å². The summed E-state index contributed by atoms with van der Waals surface area (Å²) < 4.78 is 0. The molecule has 1 aromatic rings. The minimum absolute atomic E-state index is 0.581. The fraction of sp³-hybridized carbons (Fsp3) is 0.455. The van der Waals surface area contributed by atoms with Gasteiger partial charge in [0.05, 0.1) is 11.4 Å². The van der Waals surface area contributed by atoms with Gasteiger partial charge in [-0.15, -0.1) is 0 Å². The van der Waals surface area contributed by atoms with Gasteiger partial charge in [0, 0.05) is 12.6 Å². The Morgan fingerprint density at radius 2 is 2.14 bits per heavy atom. The molecule has 0 amide bonds. The van der Waals surface area contributed by atoms with Gasteiger partial charge in [0.1, 0.15) is 0 Å². The summed E-state index contributed by atoms with van der Waals surface area (Å²) in [6.45, 7) is 1.04. The van der Waals surface area contributed by atoms with Crippen LogP contribution in [0, 0.1) is 0 Å². The molecule has 3 heteroatoms. The maximum absolute atomic E-state index is 3.56. The van der Waals surface area contributed by atoms with E-state index >= 15 is 0 Å². The molecule has 1 aromatic carbocycles. The van der Waals surface area contributed by atoms with Crippen LogP contribution in [0.15, 0.2) is 24.3 Å². The van der Waals surface area contributed by atoms with Crippen LogP contribution in [0.5, 0.6) is 0 Å². The number of benzene rings is 1. The SMILES string of the molecule is CSCCC1CNc2ccccc2N1. The average Bonchev–Trinajstić information content (AvgIpc) is 2.26. The van der Waals surface area contributed by atoms with Crippen LogP contribution in [0.2, 0.25) is 0 Å². The molecule has 1 aliphatic heterocycles. The molecule has 0 saturated heterocycles. The molecule has 0 aliphatic carbocycles. The lowest BCUT2D eigenvalue weighted by Crippen LogP contribution is -2.33. The largest absolute Gasteiger partial charge is 0.381 e. The van der Waals surface area contributed by atoms with Gasteiger partial charge in [-0.1, -0.05) is 12.1 Å². The molecule has 0 bridgehead atoms. The Labute approximate surface area is 89.5 Å². The van der Waals surface area contributed by atoms with Crippen LogP contribution in [0.25, 0.3) is 0 Å². The maximum atomic E-state index is 3.56. The van der Waals surface area contributed by atoms with Crippen LogP contribution in [-0.2, 0) is 0 Å². The lowest BCUT2D eigenvalue weighted by molar-refractivity contribution is 0.720. The lowest BCUT2D eigenvalue weighted by atomic mass is 10.1. The van der Waals surface area contributed by atoms with Crippen molar-refractivity contribution >= 4 is 23.1 Å². The van der Waals surface area contributed by atoms with Gasteiger partial charge in [-0.2, -0.15) is 11.8 Å². The van der Waals surface area contributed by atoms with Gasteiger partial charge in [0.2, 0.25) is 0 Å². The lowest BCUT2D eigenvalue weighted by Gasteiger charge is -2.28. The zero-order valence-electron chi connectivity index (χ0n) is 8.42. The number of thioether (sulfide) groups is 1. The van der Waals surface area contributed by atoms with Crippen LogP contribution < -0.4 is 10.6 Å². The normalized spacial score (nSPS) is 19.4. The molecular formula is C11H16N2S. The van der Waals surface area contributed by atoms with Gasteiger partial charge >= 0.3 is 0 Å². The number of fused-ring (bicyclic) bond motifs is 1. The first-order valence-corrected chi connectivity index (χ1v) is 6.38. The van der Waals surface area contributed by atoms with Crippen molar-refractivity contribution in [2.45, 2.75) is 12.5 Å². The Kier molecular flexibility index (Phi) is 3.19. The summed E-state index contributed by atoms with van der Waals surface area (Å²) in [5.41, 5.74) is 2.47. The van der Waals surface area contributed by atoms with Gasteiger partial charge in [0.15, 0.2) is 0 Å². The summed E-state index contributed by atoms with van der Waals surface area (Å²) in [6.07, 6.45) is 3.38. The zero-order valence-corrected chi connectivity index (χ0v) is 9.23. The monoisotopic (exact) mass is 208 g/mol. The van der Waals surface area contributed by atoms with Crippen LogP contribution in [-0.4, -0.2) is 24.6 Å². The summed E-state index contributed by atoms with van der Waals surface area (Å²) in [5.74, 6) is 1.22. The molecule has 1 heterocycles. The smallest absolute Gasteiger partial charge is 0.0578 e. The van der Waals surface area contributed by atoms with Crippen molar-refractivity contribution in [3.05, 3.63) is 24.3 Å². The number of hydrogen-bond acceptors (Lipinski definition) is 3. The van der Waals surface area contributed by atoms with Crippen LogP contribution in [0.3, 0.4) is 0 Å². The number of nitrogens with one attached hydrogen (secondary N) is 2. The summed E-state index contributed by atoms with van der Waals surface area (Å²) in [4.78, 5) is 0. The van der Waals surface area contributed by atoms with E-state index in [9.17, 15) is 0 Å². The van der Waals surface area contributed by atoms with Crippen molar-refractivity contribution in [1.82, 2.24) is 0 Å². The van der Waals surface area contributed by atoms with Crippen molar-refractivity contribution in [3.8, 4) is 0 Å². The quantitative estimate of drug-likeness (QED) is 0.798. The van der Waals surface area contributed by atoms with E-state index in [1.54, 1.807) is 0 Å². The third-order valence-corrected chi connectivity index (χ3v) is 3.14. The van der Waals surface area contributed by atoms with E-state index in [0.29, 0.717) is 6.04 Å². The van der Waals surface area contributed by atoms with Gasteiger partial charge in [-0.05, 0) is 30.6 Å². The van der Waals surface area contributed by atoms with Gasteiger partial charge in [-0.3, -0.25) is 0 Å². The molecule has 0 radical (unpaired) electrons. The Bertz CT molecular complexity index is 301. The first kappa shape index (κ1) is 9.71. The van der Waals surface area contributed by atoms with Crippen molar-refractivity contribution in [2.24, 2.45) is 0 Å². The van der Waals surface area contributed by atoms with Gasteiger partial charge in [-0.25, -0.2) is 0 Å². The summed E-state index contributed by atoms with van der Waals surface area (Å²) in [6, 6.07) is 8.97. The molecule has 1 atom stereocenters. The molecule has 2 rings (SSSR count). The molecule has 0 aromatic heterocycles. The molecule has 76 valence electrons. The predicted octanol–water partition coefficient (Wildman–Crippen LogP) is 2.65. The molecule has 14 heavy (non-hydrogen) atoms. The number of para-hydroxylation sites is 2. The van der Waals surface area contributed by atoms with Crippen molar-refractivity contribution in [3.63, 3.8) is 0 Å². The second-order valence-corrected chi connectivity index (χ2v) is 4.53. The van der Waals surface area contributed by atoms with Crippen LogP contribution in [0.4, 0.5) is 11.4 Å². The third-order valence-electron chi connectivity index (χ3n) is 2.50. The highest BCUT2D eigenvalue weighted by Crippen LogP contribution is 2.26. The molecular weight excluding hydrogens is 192 g/mol. The highest BCUT2D eigenvalue weighted by molar-refractivity contribution is 7.98. The molecule has 2 nitrogen and oxygen atoms in total. The Morgan fingerprint density at radius 1 is 1.36 bits per heavy atom. The summed E-state index contributed by atoms with van der Waals surface area (Å²) in [5, 5.41) is 7.01. The number of rotatable bonds is 3. The predicted molar refractivity (Wildman–Crippen MR) is 65.3 cm³/mol. The number of hydrogen-bond donors (Lipinski definition) is 2. The van der Waals surface area contributed by atoms with E-state index in [1.807, 2.05) is 11.8 Å². The summed E-state index contributed by atoms with van der Waals surface area (Å²) >= 11 is 1.91. The Morgan fingerprint density at radius 3 is 2.93 bits per heavy atom. The van der Waals surface area contributed by atoms with Gasteiger partial charge < -0.3 is 10.6 Å². The number of anilines is 2. The minimum Gasteiger partial charge on any atom is -0.381 e. The Hall–Kier alpha value is -0.830. The van der Waals surface area contributed by atoms with Crippen LogP contribution >= 0.6 is 11.8 Å². The first-order valence-electron chi connectivity index (χ1n) is 4.98. The third kappa shape index (κ3) is 2.15.